The van der Waals surface area contributed by atoms with Crippen LogP contribution in [0, 0.1) is 13.8 Å². The summed E-state index contributed by atoms with van der Waals surface area (Å²) in [4.78, 5) is 4.32. The van der Waals surface area contributed by atoms with Gasteiger partial charge in [-0.3, -0.25) is 9.67 Å². The lowest BCUT2D eigenvalue weighted by Crippen LogP contribution is -2.43. The number of guanidine groups is 1. The second-order valence-electron chi connectivity index (χ2n) is 8.25. The molecule has 31 heavy (non-hydrogen) atoms. The Kier molecular flexibility index (Phi) is 8.64. The van der Waals surface area contributed by atoms with Gasteiger partial charge >= 0.3 is 0 Å². The smallest absolute Gasteiger partial charge is 0.216 e. The minimum atomic E-state index is -3.39. The predicted molar refractivity (Wildman–Crippen MR) is 127 cm³/mol. The lowest BCUT2D eigenvalue weighted by atomic mass is 10.1. The second-order valence-corrected chi connectivity index (χ2v) is 10.0. The summed E-state index contributed by atoms with van der Waals surface area (Å²) in [5.41, 5.74) is 5.14. The highest BCUT2D eigenvalue weighted by atomic mass is 32.2. The molecule has 0 fully saturated rings. The summed E-state index contributed by atoms with van der Waals surface area (Å²) in [6, 6.07) is 7.58. The van der Waals surface area contributed by atoms with E-state index in [2.05, 4.69) is 39.3 Å². The van der Waals surface area contributed by atoms with E-state index in [0.29, 0.717) is 12.5 Å². The largest absolute Gasteiger partial charge is 0.354 e. The van der Waals surface area contributed by atoms with E-state index >= 15 is 0 Å². The minimum absolute atomic E-state index is 0.0506. The Morgan fingerprint density at radius 3 is 2.35 bits per heavy atom. The summed E-state index contributed by atoms with van der Waals surface area (Å²) in [6.45, 7) is 10.3. The topological polar surface area (TPSA) is 100 Å². The molecule has 9 heteroatoms. The van der Waals surface area contributed by atoms with Crippen molar-refractivity contribution in [3.63, 3.8) is 0 Å². The van der Waals surface area contributed by atoms with E-state index in [0.717, 1.165) is 23.2 Å². The van der Waals surface area contributed by atoms with Crippen molar-refractivity contribution in [3.8, 4) is 0 Å². The Morgan fingerprint density at radius 2 is 1.81 bits per heavy atom. The highest BCUT2D eigenvalue weighted by Crippen LogP contribution is 2.15. The molecule has 0 spiro atoms. The molecule has 0 saturated heterocycles. The molecule has 0 aliphatic heterocycles. The number of aliphatic imine (C=N–C) groups is 1. The Morgan fingerprint density at radius 1 is 1.16 bits per heavy atom. The zero-order chi connectivity index (χ0) is 23.2. The van der Waals surface area contributed by atoms with Gasteiger partial charge < -0.3 is 10.6 Å². The van der Waals surface area contributed by atoms with Gasteiger partial charge in [0.05, 0.1) is 11.4 Å². The van der Waals surface area contributed by atoms with Crippen LogP contribution in [0.15, 0.2) is 29.3 Å². The van der Waals surface area contributed by atoms with Crippen molar-refractivity contribution in [2.75, 3.05) is 7.05 Å². The maximum atomic E-state index is 12.4. The molecule has 1 heterocycles. The van der Waals surface area contributed by atoms with Crippen molar-refractivity contribution in [3.05, 3.63) is 52.3 Å². The number of rotatable bonds is 9. The van der Waals surface area contributed by atoms with Gasteiger partial charge in [0.2, 0.25) is 10.0 Å². The van der Waals surface area contributed by atoms with Crippen LogP contribution >= 0.6 is 0 Å². The third kappa shape index (κ3) is 7.36. The normalized spacial score (nSPS) is 13.5. The second kappa shape index (κ2) is 10.8. The Hall–Kier alpha value is -2.39. The monoisotopic (exact) mass is 448 g/mol. The van der Waals surface area contributed by atoms with Gasteiger partial charge in [0, 0.05) is 38.4 Å². The first-order valence-electron chi connectivity index (χ1n) is 10.6. The molecule has 8 nitrogen and oxygen atoms in total. The van der Waals surface area contributed by atoms with Crippen molar-refractivity contribution in [2.45, 2.75) is 65.4 Å². The van der Waals surface area contributed by atoms with Gasteiger partial charge in [0.1, 0.15) is 0 Å². The summed E-state index contributed by atoms with van der Waals surface area (Å²) in [7, 11) is 0.293. The SMILES string of the molecule is CN=C(NCc1ccccc1CS(=O)(=O)NC(C)C)NC(C)Cc1c(C)nn(C)c1C. The average Bonchev–Trinajstić information content (AvgIpc) is 2.90. The van der Waals surface area contributed by atoms with Crippen LogP contribution in [0.2, 0.25) is 0 Å². The van der Waals surface area contributed by atoms with Crippen LogP contribution < -0.4 is 15.4 Å². The van der Waals surface area contributed by atoms with Crippen LogP contribution in [0.5, 0.6) is 0 Å². The summed E-state index contributed by atoms with van der Waals surface area (Å²) in [6.07, 6.45) is 0.835. The van der Waals surface area contributed by atoms with Crippen LogP contribution in [0.1, 0.15) is 48.8 Å². The van der Waals surface area contributed by atoms with Gasteiger partial charge in [0.15, 0.2) is 5.96 Å². The zero-order valence-electron chi connectivity index (χ0n) is 19.7. The number of aryl methyl sites for hydroxylation is 2. The van der Waals surface area contributed by atoms with E-state index < -0.39 is 10.0 Å². The molecule has 1 aromatic carbocycles. The molecule has 1 unspecified atom stereocenters. The fourth-order valence-corrected chi connectivity index (χ4v) is 5.05. The molecule has 0 amide bonds. The first-order chi connectivity index (χ1) is 14.5. The van der Waals surface area contributed by atoms with E-state index in [4.69, 9.17) is 0 Å². The molecule has 1 atom stereocenters. The van der Waals surface area contributed by atoms with Gasteiger partial charge in [-0.15, -0.1) is 0 Å². The van der Waals surface area contributed by atoms with Crippen molar-refractivity contribution in [1.29, 1.82) is 0 Å². The third-order valence-corrected chi connectivity index (χ3v) is 6.62. The number of nitrogens with zero attached hydrogens (tertiary/aromatic N) is 3. The fraction of sp³-hybridized carbons (Fsp3) is 0.545. The van der Waals surface area contributed by atoms with Crippen LogP contribution in [-0.2, 0) is 35.8 Å². The minimum Gasteiger partial charge on any atom is -0.354 e. The van der Waals surface area contributed by atoms with Crippen molar-refractivity contribution < 1.29 is 8.42 Å². The molecule has 3 N–H and O–H groups in total. The quantitative estimate of drug-likeness (QED) is 0.403. The average molecular weight is 449 g/mol. The predicted octanol–water partition coefficient (Wildman–Crippen LogP) is 2.16. The van der Waals surface area contributed by atoms with E-state index in [9.17, 15) is 8.42 Å². The van der Waals surface area contributed by atoms with Gasteiger partial charge in [-0.05, 0) is 57.7 Å². The first kappa shape index (κ1) is 24.9. The standard InChI is InChI=1S/C22H36N6O2S/c1-15(2)27-31(29,30)14-20-11-9-8-10-19(20)13-24-22(23-6)25-16(3)12-21-17(4)26-28(7)18(21)5/h8-11,15-16,27H,12-14H2,1-7H3,(H2,23,24,25). The number of hydrogen-bond acceptors (Lipinski definition) is 4. The van der Waals surface area contributed by atoms with Crippen LogP contribution in [-0.4, -0.2) is 43.3 Å². The Bertz CT molecular complexity index is 1010. The van der Waals surface area contributed by atoms with Crippen molar-refractivity contribution >= 4 is 16.0 Å². The molecule has 2 rings (SSSR count). The molecule has 0 aliphatic carbocycles. The molecule has 0 aliphatic rings. The molecule has 1 aromatic heterocycles. The van der Waals surface area contributed by atoms with E-state index in [1.54, 1.807) is 7.05 Å². The third-order valence-electron chi connectivity index (χ3n) is 5.10. The van der Waals surface area contributed by atoms with Crippen LogP contribution in [0.4, 0.5) is 0 Å². The van der Waals surface area contributed by atoms with Crippen LogP contribution in [0.25, 0.3) is 0 Å². The number of benzene rings is 1. The summed E-state index contributed by atoms with van der Waals surface area (Å²) in [5.74, 6) is 0.620. The van der Waals surface area contributed by atoms with Gasteiger partial charge in [-0.2, -0.15) is 5.10 Å². The van der Waals surface area contributed by atoms with E-state index in [1.807, 2.05) is 56.8 Å². The van der Waals surface area contributed by atoms with E-state index in [-0.39, 0.29) is 17.8 Å². The summed E-state index contributed by atoms with van der Waals surface area (Å²) >= 11 is 0. The molecule has 0 saturated carbocycles. The van der Waals surface area contributed by atoms with E-state index in [1.165, 1.54) is 11.3 Å². The highest BCUT2D eigenvalue weighted by molar-refractivity contribution is 7.88. The van der Waals surface area contributed by atoms with Gasteiger partial charge in [0.25, 0.3) is 0 Å². The molecule has 2 aromatic rings. The number of nitrogens with one attached hydrogen (secondary N) is 3. The lowest BCUT2D eigenvalue weighted by molar-refractivity contribution is 0.568. The maximum Gasteiger partial charge on any atom is 0.216 e. The number of sulfonamides is 1. The zero-order valence-corrected chi connectivity index (χ0v) is 20.5. The van der Waals surface area contributed by atoms with Crippen LogP contribution in [0.3, 0.4) is 0 Å². The van der Waals surface area contributed by atoms with Crippen molar-refractivity contribution in [2.24, 2.45) is 12.0 Å². The molecular weight excluding hydrogens is 412 g/mol. The van der Waals surface area contributed by atoms with Gasteiger partial charge in [-0.25, -0.2) is 13.1 Å². The fourth-order valence-electron chi connectivity index (χ4n) is 3.55. The first-order valence-corrected chi connectivity index (χ1v) is 12.2. The van der Waals surface area contributed by atoms with Crippen molar-refractivity contribution in [1.82, 2.24) is 25.1 Å². The molecule has 172 valence electrons. The Balaban J connectivity index is 2.01. The summed E-state index contributed by atoms with van der Waals surface area (Å²) in [5, 5.41) is 11.2. The molecule has 0 radical (unpaired) electrons. The maximum absolute atomic E-state index is 12.4. The number of aromatic nitrogens is 2. The highest BCUT2D eigenvalue weighted by Gasteiger charge is 2.16. The number of hydrogen-bond donors (Lipinski definition) is 3. The lowest BCUT2D eigenvalue weighted by Gasteiger charge is -2.19. The summed E-state index contributed by atoms with van der Waals surface area (Å²) < 4.78 is 29.3. The molecule has 0 bridgehead atoms. The van der Waals surface area contributed by atoms with Gasteiger partial charge in [-0.1, -0.05) is 24.3 Å². The molecular formula is C22H36N6O2S. The Labute approximate surface area is 186 Å².